The molecule has 2 aliphatic rings. The highest BCUT2D eigenvalue weighted by molar-refractivity contribution is 6.12. The van der Waals surface area contributed by atoms with Crippen molar-refractivity contribution in [2.24, 2.45) is 0 Å². The van der Waals surface area contributed by atoms with E-state index in [1.54, 1.807) is 0 Å². The summed E-state index contributed by atoms with van der Waals surface area (Å²) in [7, 11) is 0. The van der Waals surface area contributed by atoms with Crippen LogP contribution in [0.4, 0.5) is 17.1 Å². The molecule has 0 atom stereocenters. The summed E-state index contributed by atoms with van der Waals surface area (Å²) in [6.45, 7) is 0. The summed E-state index contributed by atoms with van der Waals surface area (Å²) in [5, 5.41) is 2.43. The van der Waals surface area contributed by atoms with Crippen LogP contribution in [0.15, 0.2) is 243 Å². The zero-order chi connectivity index (χ0) is 42.2. The topological polar surface area (TPSA) is 17.4 Å². The lowest BCUT2D eigenvalue weighted by Gasteiger charge is -2.35. The Bertz CT molecular complexity index is 3530. The van der Waals surface area contributed by atoms with E-state index in [-0.39, 0.29) is 0 Å². The first-order valence-corrected chi connectivity index (χ1v) is 22.0. The summed E-state index contributed by atoms with van der Waals surface area (Å²) in [6.07, 6.45) is 0. The van der Waals surface area contributed by atoms with Gasteiger partial charge < -0.3 is 14.2 Å². The fourth-order valence-electron chi connectivity index (χ4n) is 10.7. The molecule has 2 heterocycles. The molecule has 0 saturated heterocycles. The Kier molecular flexibility index (Phi) is 8.13. The Morgan fingerprint density at radius 2 is 0.969 bits per heavy atom. The van der Waals surface area contributed by atoms with E-state index in [1.165, 1.54) is 49.7 Å². The standard InChI is InChI=1S/C61H40N2O/c1-4-19-44(20-5-1)61(45-21-6-2-7-22-45)54-29-12-10-25-50(54)51-38-37-48(40-55(51)61)62(46-23-8-3-9-24-46)47-35-33-41(34-36-47)42-17-14-18-43(39-42)49-27-15-31-57-60(49)64-58-32-16-28-53-52-26-11-13-30-56(52)63(57)59(53)58/h1-40H. The Morgan fingerprint density at radius 1 is 0.375 bits per heavy atom. The van der Waals surface area contributed by atoms with E-state index in [0.717, 1.165) is 62.0 Å². The average Bonchev–Trinajstić information content (AvgIpc) is 3.87. The molecule has 64 heavy (non-hydrogen) atoms. The lowest BCUT2D eigenvalue weighted by atomic mass is 9.67. The van der Waals surface area contributed by atoms with Crippen molar-refractivity contribution in [1.29, 1.82) is 0 Å². The molecule has 3 nitrogen and oxygen atoms in total. The molecule has 0 saturated carbocycles. The number of aromatic nitrogens is 1. The van der Waals surface area contributed by atoms with E-state index in [9.17, 15) is 0 Å². The number of fused-ring (bicyclic) bond motifs is 8. The second-order valence-corrected chi connectivity index (χ2v) is 16.8. The average molecular weight is 817 g/mol. The Morgan fingerprint density at radius 3 is 1.77 bits per heavy atom. The smallest absolute Gasteiger partial charge is 0.159 e. The van der Waals surface area contributed by atoms with Crippen LogP contribution >= 0.6 is 0 Å². The van der Waals surface area contributed by atoms with Gasteiger partial charge in [0.2, 0.25) is 0 Å². The molecule has 1 aromatic heterocycles. The first-order valence-electron chi connectivity index (χ1n) is 22.0. The molecule has 1 aliphatic heterocycles. The number of anilines is 3. The summed E-state index contributed by atoms with van der Waals surface area (Å²) in [5.74, 6) is 1.75. The van der Waals surface area contributed by atoms with Crippen molar-refractivity contribution in [3.8, 4) is 50.6 Å². The number of rotatable bonds is 7. The van der Waals surface area contributed by atoms with Gasteiger partial charge in [0.05, 0.1) is 22.1 Å². The molecule has 1 aliphatic carbocycles. The predicted octanol–water partition coefficient (Wildman–Crippen LogP) is 16.1. The molecule has 0 fully saturated rings. The van der Waals surface area contributed by atoms with Crippen molar-refractivity contribution >= 4 is 38.9 Å². The number of para-hydroxylation sites is 4. The van der Waals surface area contributed by atoms with Crippen molar-refractivity contribution < 1.29 is 4.74 Å². The fourth-order valence-corrected chi connectivity index (χ4v) is 10.7. The number of hydrogen-bond acceptors (Lipinski definition) is 2. The van der Waals surface area contributed by atoms with Crippen molar-refractivity contribution in [1.82, 2.24) is 4.57 Å². The van der Waals surface area contributed by atoms with E-state index >= 15 is 0 Å². The molecule has 3 heteroatoms. The second kappa shape index (κ2) is 14.3. The monoisotopic (exact) mass is 816 g/mol. The Labute approximate surface area is 372 Å². The molecular formula is C61H40N2O. The lowest BCUT2D eigenvalue weighted by molar-refractivity contribution is 0.478. The molecule has 0 bridgehead atoms. The summed E-state index contributed by atoms with van der Waals surface area (Å²) >= 11 is 0. The van der Waals surface area contributed by atoms with Crippen molar-refractivity contribution in [3.05, 3.63) is 265 Å². The number of hydrogen-bond donors (Lipinski definition) is 0. The number of nitrogens with zero attached hydrogens (tertiary/aromatic N) is 2. The quantitative estimate of drug-likeness (QED) is 0.159. The van der Waals surface area contributed by atoms with Crippen molar-refractivity contribution in [2.45, 2.75) is 5.41 Å². The van der Waals surface area contributed by atoms with Crippen LogP contribution in [0.25, 0.3) is 60.9 Å². The molecule has 0 radical (unpaired) electrons. The van der Waals surface area contributed by atoms with Crippen molar-refractivity contribution in [3.63, 3.8) is 0 Å². The third-order valence-electron chi connectivity index (χ3n) is 13.5. The van der Waals surface area contributed by atoms with Crippen LogP contribution in [0.1, 0.15) is 22.3 Å². The van der Waals surface area contributed by atoms with Gasteiger partial charge in [0.1, 0.15) is 0 Å². The molecule has 13 rings (SSSR count). The highest BCUT2D eigenvalue weighted by Gasteiger charge is 2.46. The van der Waals surface area contributed by atoms with Crippen LogP contribution in [0.5, 0.6) is 11.5 Å². The molecular weight excluding hydrogens is 777 g/mol. The highest BCUT2D eigenvalue weighted by Crippen LogP contribution is 2.57. The number of benzene rings is 10. The van der Waals surface area contributed by atoms with E-state index in [0.29, 0.717) is 0 Å². The normalized spacial score (nSPS) is 12.9. The number of ether oxygens (including phenoxy) is 1. The van der Waals surface area contributed by atoms with Gasteiger partial charge in [0.15, 0.2) is 11.5 Å². The molecule has 0 amide bonds. The first-order chi connectivity index (χ1) is 31.8. The maximum Gasteiger partial charge on any atom is 0.159 e. The summed E-state index contributed by atoms with van der Waals surface area (Å²) in [6, 6.07) is 88.1. The zero-order valence-electron chi connectivity index (χ0n) is 34.9. The molecule has 10 aromatic carbocycles. The largest absolute Gasteiger partial charge is 0.452 e. The van der Waals surface area contributed by atoms with Crippen LogP contribution in [-0.2, 0) is 5.41 Å². The highest BCUT2D eigenvalue weighted by atomic mass is 16.5. The van der Waals surface area contributed by atoms with Gasteiger partial charge in [-0.15, -0.1) is 0 Å². The van der Waals surface area contributed by atoms with Crippen molar-refractivity contribution in [2.75, 3.05) is 4.90 Å². The summed E-state index contributed by atoms with van der Waals surface area (Å²) < 4.78 is 9.19. The van der Waals surface area contributed by atoms with Gasteiger partial charge in [0.25, 0.3) is 0 Å². The summed E-state index contributed by atoms with van der Waals surface area (Å²) in [5.41, 5.74) is 18.2. The lowest BCUT2D eigenvalue weighted by Crippen LogP contribution is -2.28. The van der Waals surface area contributed by atoms with Gasteiger partial charge in [0, 0.05) is 33.4 Å². The first kappa shape index (κ1) is 36.3. The minimum absolute atomic E-state index is 0.490. The van der Waals surface area contributed by atoms with Crippen LogP contribution in [-0.4, -0.2) is 4.57 Å². The molecule has 300 valence electrons. The predicted molar refractivity (Wildman–Crippen MR) is 264 cm³/mol. The van der Waals surface area contributed by atoms with Crippen LogP contribution < -0.4 is 9.64 Å². The minimum atomic E-state index is -0.490. The third kappa shape index (κ3) is 5.34. The third-order valence-corrected chi connectivity index (χ3v) is 13.5. The maximum atomic E-state index is 6.82. The van der Waals surface area contributed by atoms with Gasteiger partial charge in [-0.2, -0.15) is 0 Å². The van der Waals surface area contributed by atoms with E-state index in [2.05, 4.69) is 252 Å². The second-order valence-electron chi connectivity index (χ2n) is 16.8. The Hall–Kier alpha value is -8.40. The van der Waals surface area contributed by atoms with E-state index in [1.807, 2.05) is 0 Å². The van der Waals surface area contributed by atoms with Gasteiger partial charge in [-0.25, -0.2) is 0 Å². The Balaban J connectivity index is 0.910. The van der Waals surface area contributed by atoms with Crippen LogP contribution in [0.3, 0.4) is 0 Å². The zero-order valence-corrected chi connectivity index (χ0v) is 34.9. The van der Waals surface area contributed by atoms with Gasteiger partial charge in [-0.3, -0.25) is 0 Å². The molecule has 11 aromatic rings. The van der Waals surface area contributed by atoms with Gasteiger partial charge in [-0.1, -0.05) is 182 Å². The minimum Gasteiger partial charge on any atom is -0.452 e. The SMILES string of the molecule is c1ccc(N(c2ccc(-c3cccc(-c4cccc5c4Oc4cccc6c7ccccc7n-5c46)c3)cc2)c2ccc3c(c2)C(c2ccccc2)(c2ccccc2)c2ccccc2-3)cc1. The van der Waals surface area contributed by atoms with Crippen LogP contribution in [0, 0.1) is 0 Å². The molecule has 0 N–H and O–H groups in total. The van der Waals surface area contributed by atoms with Crippen LogP contribution in [0.2, 0.25) is 0 Å². The van der Waals surface area contributed by atoms with E-state index in [4.69, 9.17) is 4.74 Å². The maximum absolute atomic E-state index is 6.82. The van der Waals surface area contributed by atoms with E-state index < -0.39 is 5.41 Å². The molecule has 0 unspecified atom stereocenters. The molecule has 0 spiro atoms. The van der Waals surface area contributed by atoms with Gasteiger partial charge >= 0.3 is 0 Å². The van der Waals surface area contributed by atoms with Gasteiger partial charge in [-0.05, 0) is 111 Å². The summed E-state index contributed by atoms with van der Waals surface area (Å²) in [4.78, 5) is 2.39. The fraction of sp³-hybridized carbons (Fsp3) is 0.0164.